The highest BCUT2D eigenvalue weighted by Gasteiger charge is 2.34. The number of para-hydroxylation sites is 1. The third-order valence-electron chi connectivity index (χ3n) is 3.24. The number of ketones is 1. The maximum atomic E-state index is 11.7. The summed E-state index contributed by atoms with van der Waals surface area (Å²) < 4.78 is 0. The highest BCUT2D eigenvalue weighted by molar-refractivity contribution is 5.84. The van der Waals surface area contributed by atoms with Gasteiger partial charge in [0.1, 0.15) is 6.10 Å². The molecule has 0 amide bonds. The van der Waals surface area contributed by atoms with E-state index in [-0.39, 0.29) is 17.3 Å². The molecule has 2 rings (SSSR count). The average molecular weight is 233 g/mol. The van der Waals surface area contributed by atoms with Crippen molar-refractivity contribution in [2.75, 3.05) is 5.48 Å². The summed E-state index contributed by atoms with van der Waals surface area (Å²) in [5.41, 5.74) is 3.93. The van der Waals surface area contributed by atoms with Crippen LogP contribution in [0.2, 0.25) is 0 Å². The predicted molar refractivity (Wildman–Crippen MR) is 67.6 cm³/mol. The first-order valence-electron chi connectivity index (χ1n) is 6.06. The first-order chi connectivity index (χ1) is 8.07. The van der Waals surface area contributed by atoms with Gasteiger partial charge in [0.2, 0.25) is 0 Å². The minimum Gasteiger partial charge on any atom is -0.297 e. The number of nitrogens with one attached hydrogen (secondary N) is 1. The summed E-state index contributed by atoms with van der Waals surface area (Å²) in [5.74, 6) is 0.202. The van der Waals surface area contributed by atoms with Crippen LogP contribution in [0.3, 0.4) is 0 Å². The van der Waals surface area contributed by atoms with Gasteiger partial charge in [0, 0.05) is 6.42 Å². The molecule has 3 nitrogen and oxygen atoms in total. The molecule has 3 heteroatoms. The van der Waals surface area contributed by atoms with E-state index in [1.807, 2.05) is 30.3 Å². The standard InChI is InChI=1S/C14H19NO2/c1-14(2)9-8-12(16)13(10-14)17-15-11-6-4-3-5-7-11/h3-7,13,15H,8-10H2,1-2H3/t13-/m1/s1. The zero-order valence-corrected chi connectivity index (χ0v) is 10.4. The summed E-state index contributed by atoms with van der Waals surface area (Å²) in [6.45, 7) is 4.36. The van der Waals surface area contributed by atoms with Gasteiger partial charge >= 0.3 is 0 Å². The molecule has 0 aromatic heterocycles. The molecule has 1 fully saturated rings. The van der Waals surface area contributed by atoms with E-state index in [1.165, 1.54) is 0 Å². The first kappa shape index (κ1) is 12.1. The quantitative estimate of drug-likeness (QED) is 0.815. The number of hydrogen-bond donors (Lipinski definition) is 1. The lowest BCUT2D eigenvalue weighted by molar-refractivity contribution is -0.134. The smallest absolute Gasteiger partial charge is 0.164 e. The van der Waals surface area contributed by atoms with Crippen molar-refractivity contribution in [3.8, 4) is 0 Å². The van der Waals surface area contributed by atoms with Crippen molar-refractivity contribution >= 4 is 11.5 Å². The van der Waals surface area contributed by atoms with E-state index < -0.39 is 0 Å². The highest BCUT2D eigenvalue weighted by Crippen LogP contribution is 2.34. The van der Waals surface area contributed by atoms with E-state index in [9.17, 15) is 4.79 Å². The van der Waals surface area contributed by atoms with Crippen LogP contribution < -0.4 is 5.48 Å². The van der Waals surface area contributed by atoms with E-state index >= 15 is 0 Å². The Morgan fingerprint density at radius 1 is 1.29 bits per heavy atom. The van der Waals surface area contributed by atoms with Crippen molar-refractivity contribution in [1.29, 1.82) is 0 Å². The van der Waals surface area contributed by atoms with Gasteiger partial charge in [0.15, 0.2) is 5.78 Å². The van der Waals surface area contributed by atoms with Crippen LogP contribution in [0, 0.1) is 5.41 Å². The second-order valence-corrected chi connectivity index (χ2v) is 5.41. The molecule has 1 aliphatic rings. The first-order valence-corrected chi connectivity index (χ1v) is 6.06. The molecule has 0 aliphatic heterocycles. The van der Waals surface area contributed by atoms with Crippen molar-refractivity contribution < 1.29 is 9.63 Å². The van der Waals surface area contributed by atoms with Gasteiger partial charge < -0.3 is 0 Å². The minimum absolute atomic E-state index is 0.191. The van der Waals surface area contributed by atoms with Crippen molar-refractivity contribution in [2.24, 2.45) is 5.41 Å². The predicted octanol–water partition coefficient (Wildman–Crippen LogP) is 3.18. The van der Waals surface area contributed by atoms with Crippen LogP contribution >= 0.6 is 0 Å². The number of carbonyl (C=O) groups excluding carboxylic acids is 1. The summed E-state index contributed by atoms with van der Waals surface area (Å²) in [7, 11) is 0. The van der Waals surface area contributed by atoms with E-state index in [0.29, 0.717) is 6.42 Å². The molecule has 1 aliphatic carbocycles. The number of hydrogen-bond acceptors (Lipinski definition) is 3. The molecule has 0 unspecified atom stereocenters. The SMILES string of the molecule is CC1(C)CCC(=O)[C@H](ONc2ccccc2)C1. The molecule has 0 radical (unpaired) electrons. The largest absolute Gasteiger partial charge is 0.297 e. The molecule has 1 aromatic carbocycles. The van der Waals surface area contributed by atoms with Crippen LogP contribution in [0.15, 0.2) is 30.3 Å². The molecular weight excluding hydrogens is 214 g/mol. The third kappa shape index (κ3) is 3.30. The average Bonchev–Trinajstić information content (AvgIpc) is 2.32. The third-order valence-corrected chi connectivity index (χ3v) is 3.24. The van der Waals surface area contributed by atoms with Crippen molar-refractivity contribution in [3.05, 3.63) is 30.3 Å². The zero-order valence-electron chi connectivity index (χ0n) is 10.4. The zero-order chi connectivity index (χ0) is 12.3. The summed E-state index contributed by atoms with van der Waals surface area (Å²) >= 11 is 0. The number of anilines is 1. The van der Waals surface area contributed by atoms with Crippen LogP contribution in [0.25, 0.3) is 0 Å². The Hall–Kier alpha value is -1.35. The molecule has 92 valence electrons. The minimum atomic E-state index is -0.320. The molecule has 0 bridgehead atoms. The maximum Gasteiger partial charge on any atom is 0.164 e. The van der Waals surface area contributed by atoms with Crippen LogP contribution in [0.4, 0.5) is 5.69 Å². The fraction of sp³-hybridized carbons (Fsp3) is 0.500. The number of benzene rings is 1. The van der Waals surface area contributed by atoms with Gasteiger partial charge in [0.25, 0.3) is 0 Å². The van der Waals surface area contributed by atoms with E-state index in [4.69, 9.17) is 4.84 Å². The number of rotatable bonds is 3. The molecule has 0 heterocycles. The molecular formula is C14H19NO2. The molecule has 0 saturated heterocycles. The van der Waals surface area contributed by atoms with E-state index in [0.717, 1.165) is 18.5 Å². The number of carbonyl (C=O) groups is 1. The summed E-state index contributed by atoms with van der Waals surface area (Å²) in [4.78, 5) is 17.3. The van der Waals surface area contributed by atoms with Gasteiger partial charge in [-0.2, -0.15) is 0 Å². The normalized spacial score (nSPS) is 23.4. The summed E-state index contributed by atoms with van der Waals surface area (Å²) in [6, 6.07) is 9.63. The van der Waals surface area contributed by atoms with Crippen LogP contribution in [-0.2, 0) is 9.63 Å². The van der Waals surface area contributed by atoms with Crippen molar-refractivity contribution in [2.45, 2.75) is 39.2 Å². The molecule has 1 atom stereocenters. The van der Waals surface area contributed by atoms with E-state index in [1.54, 1.807) is 0 Å². The Labute approximate surface area is 102 Å². The fourth-order valence-electron chi connectivity index (χ4n) is 2.09. The molecule has 0 spiro atoms. The topological polar surface area (TPSA) is 38.3 Å². The molecule has 17 heavy (non-hydrogen) atoms. The van der Waals surface area contributed by atoms with Gasteiger partial charge in [-0.05, 0) is 30.4 Å². The van der Waals surface area contributed by atoms with Gasteiger partial charge in [-0.1, -0.05) is 32.0 Å². The second kappa shape index (κ2) is 4.88. The lowest BCUT2D eigenvalue weighted by atomic mass is 9.75. The summed E-state index contributed by atoms with van der Waals surface area (Å²) in [6.07, 6.45) is 2.04. The van der Waals surface area contributed by atoms with Crippen molar-refractivity contribution in [3.63, 3.8) is 0 Å². The van der Waals surface area contributed by atoms with Gasteiger partial charge in [-0.25, -0.2) is 0 Å². The van der Waals surface area contributed by atoms with E-state index in [2.05, 4.69) is 19.3 Å². The monoisotopic (exact) mass is 233 g/mol. The molecule has 1 saturated carbocycles. The Morgan fingerprint density at radius 2 is 2.00 bits per heavy atom. The Kier molecular flexibility index (Phi) is 3.48. The van der Waals surface area contributed by atoms with Gasteiger partial charge in [-0.15, -0.1) is 0 Å². The fourth-order valence-corrected chi connectivity index (χ4v) is 2.09. The summed E-state index contributed by atoms with van der Waals surface area (Å²) in [5, 5.41) is 0. The maximum absolute atomic E-state index is 11.7. The Balaban J connectivity index is 1.92. The van der Waals surface area contributed by atoms with Crippen molar-refractivity contribution in [1.82, 2.24) is 0 Å². The Morgan fingerprint density at radius 3 is 2.71 bits per heavy atom. The van der Waals surface area contributed by atoms with Crippen LogP contribution in [0.1, 0.15) is 33.1 Å². The molecule has 1 N–H and O–H groups in total. The van der Waals surface area contributed by atoms with Gasteiger partial charge in [0.05, 0.1) is 5.69 Å². The Bertz CT molecular complexity index is 386. The second-order valence-electron chi connectivity index (χ2n) is 5.41. The molecule has 1 aromatic rings. The highest BCUT2D eigenvalue weighted by atomic mass is 16.7. The lowest BCUT2D eigenvalue weighted by Gasteiger charge is -2.33. The van der Waals surface area contributed by atoms with Gasteiger partial charge in [-0.3, -0.25) is 15.1 Å². The number of Topliss-reactive ketones (excluding diaryl/α,β-unsaturated/α-hetero) is 1. The van der Waals surface area contributed by atoms with Crippen LogP contribution in [-0.4, -0.2) is 11.9 Å². The van der Waals surface area contributed by atoms with Crippen LogP contribution in [0.5, 0.6) is 0 Å². The lowest BCUT2D eigenvalue weighted by Crippen LogP contribution is -2.37.